The van der Waals surface area contributed by atoms with Gasteiger partial charge in [-0.1, -0.05) is 36.4 Å². The Balaban J connectivity index is 1.92. The summed E-state index contributed by atoms with van der Waals surface area (Å²) in [5, 5.41) is 2.04. The third-order valence-corrected chi connectivity index (χ3v) is 6.32. The Bertz CT molecular complexity index is 838. The van der Waals surface area contributed by atoms with Crippen LogP contribution in [0.2, 0.25) is 0 Å². The summed E-state index contributed by atoms with van der Waals surface area (Å²) in [6.45, 7) is 5.21. The molecule has 3 aromatic rings. The van der Waals surface area contributed by atoms with Gasteiger partial charge in [0.2, 0.25) is 5.69 Å². The molecule has 0 aliphatic carbocycles. The average molecular weight is 413 g/mol. The van der Waals surface area contributed by atoms with E-state index in [1.54, 1.807) is 0 Å². The molecule has 0 aliphatic rings. The molecule has 3 rings (SSSR count). The van der Waals surface area contributed by atoms with Gasteiger partial charge in [-0.05, 0) is 43.8 Å². The zero-order valence-electron chi connectivity index (χ0n) is 16.3. The van der Waals surface area contributed by atoms with Gasteiger partial charge in [0.15, 0.2) is 12.5 Å². The van der Waals surface area contributed by atoms with Crippen LogP contribution in [0.1, 0.15) is 25.7 Å². The summed E-state index contributed by atoms with van der Waals surface area (Å²) in [4.78, 5) is 1.27. The molecule has 0 N–H and O–H groups in total. The highest BCUT2D eigenvalue weighted by atomic mass is 32.2. The van der Waals surface area contributed by atoms with E-state index >= 15 is 0 Å². The number of ether oxygens (including phenoxy) is 2. The van der Waals surface area contributed by atoms with Gasteiger partial charge in [0.1, 0.15) is 0 Å². The molecule has 28 heavy (non-hydrogen) atoms. The molecule has 0 saturated heterocycles. The Labute approximate surface area is 176 Å². The van der Waals surface area contributed by atoms with Crippen molar-refractivity contribution in [3.05, 3.63) is 84.6 Å². The van der Waals surface area contributed by atoms with Gasteiger partial charge >= 0.3 is 0 Å². The maximum Gasteiger partial charge on any atom is 0.255 e. The molecule has 5 heteroatoms. The normalized spacial score (nSPS) is 11.1. The molecule has 1 heterocycles. The Morgan fingerprint density at radius 1 is 0.786 bits per heavy atom. The molecule has 146 valence electrons. The van der Waals surface area contributed by atoms with Crippen LogP contribution in [0, 0.1) is 0 Å². The maximum atomic E-state index is 5.91. The monoisotopic (exact) mass is 412 g/mol. The van der Waals surface area contributed by atoms with Crippen LogP contribution in [-0.2, 0) is 9.47 Å². The second kappa shape index (κ2) is 11.3. The van der Waals surface area contributed by atoms with E-state index in [-0.39, 0.29) is 6.29 Å². The topological polar surface area (TPSA) is 22.3 Å². The van der Waals surface area contributed by atoms with Crippen molar-refractivity contribution in [1.29, 1.82) is 0 Å². The Morgan fingerprint density at radius 3 is 2.07 bits per heavy atom. The van der Waals surface area contributed by atoms with E-state index in [4.69, 9.17) is 9.47 Å². The first-order valence-corrected chi connectivity index (χ1v) is 11.4. The van der Waals surface area contributed by atoms with Crippen molar-refractivity contribution in [2.24, 2.45) is 0 Å². The number of nitrogens with zero attached hydrogens (tertiary/aromatic N) is 1. The van der Waals surface area contributed by atoms with Crippen molar-refractivity contribution in [2.45, 2.75) is 30.1 Å². The van der Waals surface area contributed by atoms with Crippen molar-refractivity contribution in [3.63, 3.8) is 0 Å². The van der Waals surface area contributed by atoms with Crippen LogP contribution in [-0.4, -0.2) is 18.3 Å². The van der Waals surface area contributed by atoms with E-state index in [1.807, 2.05) is 49.5 Å². The minimum absolute atomic E-state index is 0.365. The van der Waals surface area contributed by atoms with Gasteiger partial charge in [-0.3, -0.25) is 0 Å². The highest BCUT2D eigenvalue weighted by Crippen LogP contribution is 2.32. The molecule has 0 unspecified atom stereocenters. The number of rotatable bonds is 10. The van der Waals surface area contributed by atoms with Crippen LogP contribution in [0.3, 0.4) is 0 Å². The van der Waals surface area contributed by atoms with Gasteiger partial charge < -0.3 is 9.47 Å². The maximum absolute atomic E-state index is 5.91. The SMILES string of the molecule is CCOC(OCC)c1ccc[n+](-c2ccccc2)c1SCSc1ccccc1. The van der Waals surface area contributed by atoms with E-state index in [0.29, 0.717) is 13.2 Å². The first kappa shape index (κ1) is 20.9. The van der Waals surface area contributed by atoms with Crippen molar-refractivity contribution in [1.82, 2.24) is 0 Å². The molecule has 1 aromatic heterocycles. The number of hydrogen-bond donors (Lipinski definition) is 0. The first-order valence-electron chi connectivity index (χ1n) is 9.47. The summed E-state index contributed by atoms with van der Waals surface area (Å²) in [6.07, 6.45) is 1.74. The molecule has 0 atom stereocenters. The Hall–Kier alpha value is -1.79. The molecular formula is C23H26NO2S2+. The van der Waals surface area contributed by atoms with Crippen LogP contribution in [0.15, 0.2) is 88.9 Å². The molecule has 2 aromatic carbocycles. The van der Waals surface area contributed by atoms with Crippen LogP contribution in [0.25, 0.3) is 5.69 Å². The van der Waals surface area contributed by atoms with Crippen LogP contribution in [0.5, 0.6) is 0 Å². The molecule has 3 nitrogen and oxygen atoms in total. The van der Waals surface area contributed by atoms with E-state index in [0.717, 1.165) is 21.4 Å². The summed E-state index contributed by atoms with van der Waals surface area (Å²) in [7, 11) is 0. The van der Waals surface area contributed by atoms with Crippen LogP contribution < -0.4 is 4.57 Å². The van der Waals surface area contributed by atoms with E-state index in [2.05, 4.69) is 71.4 Å². The zero-order valence-corrected chi connectivity index (χ0v) is 17.9. The lowest BCUT2D eigenvalue weighted by Crippen LogP contribution is -2.35. The minimum Gasteiger partial charge on any atom is -0.348 e. The smallest absolute Gasteiger partial charge is 0.255 e. The predicted molar refractivity (Wildman–Crippen MR) is 117 cm³/mol. The van der Waals surface area contributed by atoms with Crippen molar-refractivity contribution in [3.8, 4) is 5.69 Å². The van der Waals surface area contributed by atoms with Gasteiger partial charge in [0.25, 0.3) is 5.03 Å². The quantitative estimate of drug-likeness (QED) is 0.236. The number of aromatic nitrogens is 1. The average Bonchev–Trinajstić information content (AvgIpc) is 2.75. The van der Waals surface area contributed by atoms with E-state index in [9.17, 15) is 0 Å². The highest BCUT2D eigenvalue weighted by Gasteiger charge is 2.25. The molecule has 0 aliphatic heterocycles. The summed E-state index contributed by atoms with van der Waals surface area (Å²) in [5.41, 5.74) is 2.19. The predicted octanol–water partition coefficient (Wildman–Crippen LogP) is 5.88. The molecule has 0 spiro atoms. The second-order valence-corrected chi connectivity index (χ2v) is 8.31. The summed E-state index contributed by atoms with van der Waals surface area (Å²) >= 11 is 3.64. The first-order chi connectivity index (χ1) is 13.8. The van der Waals surface area contributed by atoms with Crippen molar-refractivity contribution in [2.75, 3.05) is 18.3 Å². The van der Waals surface area contributed by atoms with E-state index in [1.165, 1.54) is 4.90 Å². The Kier molecular flexibility index (Phi) is 8.42. The second-order valence-electron chi connectivity index (χ2n) is 5.94. The molecule has 0 fully saturated rings. The fourth-order valence-electron chi connectivity index (χ4n) is 2.84. The summed E-state index contributed by atoms with van der Waals surface area (Å²) in [5.74, 6) is 0. The number of thioether (sulfide) groups is 2. The van der Waals surface area contributed by atoms with Crippen LogP contribution in [0.4, 0.5) is 0 Å². The zero-order chi connectivity index (χ0) is 19.6. The molecular weight excluding hydrogens is 386 g/mol. The highest BCUT2D eigenvalue weighted by molar-refractivity contribution is 8.15. The lowest BCUT2D eigenvalue weighted by atomic mass is 10.2. The largest absolute Gasteiger partial charge is 0.348 e. The third-order valence-electron chi connectivity index (χ3n) is 4.07. The Morgan fingerprint density at radius 2 is 1.43 bits per heavy atom. The molecule has 0 radical (unpaired) electrons. The lowest BCUT2D eigenvalue weighted by molar-refractivity contribution is -0.637. The number of hydrogen-bond acceptors (Lipinski definition) is 4. The van der Waals surface area contributed by atoms with Crippen molar-refractivity contribution >= 4 is 23.5 Å². The van der Waals surface area contributed by atoms with Crippen molar-refractivity contribution < 1.29 is 14.0 Å². The standard InChI is InChI=1S/C23H26NO2S2/c1-3-25-23(26-4-2)21-16-11-17-24(19-12-7-5-8-13-19)22(21)28-18-27-20-14-9-6-10-15-20/h5-17,23H,3-4,18H2,1-2H3/q+1. The third kappa shape index (κ3) is 5.61. The van der Waals surface area contributed by atoms with E-state index < -0.39 is 0 Å². The van der Waals surface area contributed by atoms with Gasteiger partial charge in [-0.2, -0.15) is 4.57 Å². The molecule has 0 saturated carbocycles. The van der Waals surface area contributed by atoms with Gasteiger partial charge in [-0.15, -0.1) is 11.8 Å². The van der Waals surface area contributed by atoms with Crippen LogP contribution >= 0.6 is 23.5 Å². The number of benzene rings is 2. The fraction of sp³-hybridized carbons (Fsp3) is 0.261. The van der Waals surface area contributed by atoms with Gasteiger partial charge in [0, 0.05) is 36.3 Å². The summed E-state index contributed by atoms with van der Waals surface area (Å²) < 4.78 is 14.0. The number of para-hydroxylation sites is 1. The summed E-state index contributed by atoms with van der Waals surface area (Å²) in [6, 6.07) is 25.0. The van der Waals surface area contributed by atoms with Gasteiger partial charge in [-0.25, -0.2) is 0 Å². The fourth-order valence-corrected chi connectivity index (χ4v) is 5.05. The molecule has 0 bridgehead atoms. The lowest BCUT2D eigenvalue weighted by Gasteiger charge is -2.18. The number of pyridine rings is 1. The molecule has 0 amide bonds. The minimum atomic E-state index is -0.365. The van der Waals surface area contributed by atoms with Gasteiger partial charge in [0.05, 0.1) is 10.6 Å².